The SMILES string of the molecule is CSC(=S)c1cc(C(=O)NN)ccn1. The number of rotatable bonds is 2. The number of carbonyl (C=O) groups excluding carboxylic acids is 1. The van der Waals surface area contributed by atoms with Crippen LogP contribution in [0.2, 0.25) is 0 Å². The molecule has 0 aliphatic rings. The zero-order valence-electron chi connectivity index (χ0n) is 7.48. The Morgan fingerprint density at radius 3 is 3.00 bits per heavy atom. The second-order valence-corrected chi connectivity index (χ2v) is 3.88. The number of nitrogens with two attached hydrogens (primary N) is 1. The number of carbonyl (C=O) groups is 1. The van der Waals surface area contributed by atoms with E-state index in [1.165, 1.54) is 18.0 Å². The van der Waals surface area contributed by atoms with Crippen LogP contribution in [0.3, 0.4) is 0 Å². The summed E-state index contributed by atoms with van der Waals surface area (Å²) >= 11 is 6.45. The van der Waals surface area contributed by atoms with Gasteiger partial charge in [0.05, 0.1) is 9.89 Å². The first-order valence-electron chi connectivity index (χ1n) is 3.74. The van der Waals surface area contributed by atoms with E-state index in [1.807, 2.05) is 11.7 Å². The number of pyridine rings is 1. The number of amides is 1. The van der Waals surface area contributed by atoms with Crippen molar-refractivity contribution in [3.8, 4) is 0 Å². The third kappa shape index (κ3) is 2.50. The lowest BCUT2D eigenvalue weighted by atomic mass is 10.2. The van der Waals surface area contributed by atoms with Crippen LogP contribution in [0.1, 0.15) is 16.1 Å². The van der Waals surface area contributed by atoms with Crippen LogP contribution < -0.4 is 11.3 Å². The van der Waals surface area contributed by atoms with Gasteiger partial charge in [-0.3, -0.25) is 15.2 Å². The highest BCUT2D eigenvalue weighted by Crippen LogP contribution is 2.10. The molecule has 1 aromatic rings. The van der Waals surface area contributed by atoms with Crippen LogP contribution in [0.25, 0.3) is 0 Å². The van der Waals surface area contributed by atoms with Crippen LogP contribution in [0.5, 0.6) is 0 Å². The Kier molecular flexibility index (Phi) is 3.99. The molecular weight excluding hydrogens is 218 g/mol. The number of aromatic nitrogens is 1. The first-order valence-corrected chi connectivity index (χ1v) is 5.37. The zero-order chi connectivity index (χ0) is 10.6. The van der Waals surface area contributed by atoms with Gasteiger partial charge in [-0.15, -0.1) is 11.8 Å². The second-order valence-electron chi connectivity index (χ2n) is 2.39. The molecule has 4 nitrogen and oxygen atoms in total. The molecule has 14 heavy (non-hydrogen) atoms. The summed E-state index contributed by atoms with van der Waals surface area (Å²) in [6.45, 7) is 0. The molecule has 0 atom stereocenters. The van der Waals surface area contributed by atoms with Gasteiger partial charge in [-0.25, -0.2) is 5.84 Å². The van der Waals surface area contributed by atoms with E-state index in [4.69, 9.17) is 18.1 Å². The van der Waals surface area contributed by atoms with Crippen LogP contribution in [0.4, 0.5) is 0 Å². The van der Waals surface area contributed by atoms with Gasteiger partial charge in [0.1, 0.15) is 0 Å². The van der Waals surface area contributed by atoms with E-state index in [2.05, 4.69) is 4.98 Å². The molecule has 0 aliphatic heterocycles. The second kappa shape index (κ2) is 5.04. The van der Waals surface area contributed by atoms with Crippen molar-refractivity contribution in [2.45, 2.75) is 0 Å². The van der Waals surface area contributed by atoms with E-state index in [1.54, 1.807) is 12.1 Å². The van der Waals surface area contributed by atoms with E-state index in [0.29, 0.717) is 15.5 Å². The first kappa shape index (κ1) is 11.1. The minimum atomic E-state index is -0.349. The van der Waals surface area contributed by atoms with Crippen molar-refractivity contribution in [3.63, 3.8) is 0 Å². The molecule has 1 heterocycles. The van der Waals surface area contributed by atoms with Crippen molar-refractivity contribution in [2.24, 2.45) is 5.84 Å². The molecule has 1 aromatic heterocycles. The number of nitrogen functional groups attached to an aromatic ring is 1. The molecule has 0 aromatic carbocycles. The molecule has 3 N–H and O–H groups in total. The van der Waals surface area contributed by atoms with E-state index < -0.39 is 0 Å². The number of hydrazine groups is 1. The summed E-state index contributed by atoms with van der Waals surface area (Å²) < 4.78 is 0.650. The molecule has 0 saturated carbocycles. The molecule has 0 fully saturated rings. The number of thiocarbonyl (C=S) groups is 1. The van der Waals surface area contributed by atoms with Crippen LogP contribution in [-0.4, -0.2) is 21.3 Å². The molecule has 0 bridgehead atoms. The molecule has 0 spiro atoms. The third-order valence-corrected chi connectivity index (χ3v) is 2.84. The van der Waals surface area contributed by atoms with Crippen LogP contribution in [0, 0.1) is 0 Å². The van der Waals surface area contributed by atoms with Gasteiger partial charge in [0.25, 0.3) is 5.91 Å². The van der Waals surface area contributed by atoms with Gasteiger partial charge in [-0.1, -0.05) is 12.2 Å². The lowest BCUT2D eigenvalue weighted by Crippen LogP contribution is -2.30. The Bertz CT molecular complexity index is 336. The summed E-state index contributed by atoms with van der Waals surface area (Å²) in [4.78, 5) is 15.2. The quantitative estimate of drug-likeness (QED) is 0.337. The lowest BCUT2D eigenvalue weighted by Gasteiger charge is -2.02. The maximum Gasteiger partial charge on any atom is 0.265 e. The minimum Gasteiger partial charge on any atom is -0.290 e. The van der Waals surface area contributed by atoms with Crippen molar-refractivity contribution in [1.29, 1.82) is 0 Å². The Labute approximate surface area is 91.2 Å². The number of nitrogens with one attached hydrogen (secondary N) is 1. The molecule has 1 amide bonds. The molecule has 6 heteroatoms. The van der Waals surface area contributed by atoms with Gasteiger partial charge >= 0.3 is 0 Å². The average Bonchev–Trinajstić information content (AvgIpc) is 2.27. The maximum absolute atomic E-state index is 11.2. The van der Waals surface area contributed by atoms with Gasteiger partial charge in [0.15, 0.2) is 0 Å². The average molecular weight is 227 g/mol. The fourth-order valence-electron chi connectivity index (χ4n) is 0.871. The van der Waals surface area contributed by atoms with Crippen LogP contribution in [0.15, 0.2) is 18.3 Å². The first-order chi connectivity index (χ1) is 6.69. The summed E-state index contributed by atoms with van der Waals surface area (Å²) in [5.41, 5.74) is 3.12. The van der Waals surface area contributed by atoms with Crippen molar-refractivity contribution in [3.05, 3.63) is 29.6 Å². The fourth-order valence-corrected chi connectivity index (χ4v) is 1.30. The van der Waals surface area contributed by atoms with Crippen LogP contribution >= 0.6 is 24.0 Å². The predicted octanol–water partition coefficient (Wildman–Crippen LogP) is 0.724. The Morgan fingerprint density at radius 1 is 1.71 bits per heavy atom. The van der Waals surface area contributed by atoms with E-state index in [-0.39, 0.29) is 5.91 Å². The standard InChI is InChI=1S/C8H9N3OS2/c1-14-8(13)6-4-5(2-3-10-6)7(12)11-9/h2-4H,9H2,1H3,(H,11,12). The largest absolute Gasteiger partial charge is 0.290 e. The number of nitrogens with zero attached hydrogens (tertiary/aromatic N) is 1. The highest BCUT2D eigenvalue weighted by Gasteiger charge is 2.07. The summed E-state index contributed by atoms with van der Waals surface area (Å²) in [6.07, 6.45) is 3.39. The van der Waals surface area contributed by atoms with Crippen LogP contribution in [-0.2, 0) is 0 Å². The summed E-state index contributed by atoms with van der Waals surface area (Å²) in [5.74, 6) is 4.66. The molecule has 1 rings (SSSR count). The highest BCUT2D eigenvalue weighted by molar-refractivity contribution is 8.23. The Morgan fingerprint density at radius 2 is 2.43 bits per heavy atom. The molecule has 0 aliphatic carbocycles. The van der Waals surface area contributed by atoms with E-state index in [0.717, 1.165) is 0 Å². The van der Waals surface area contributed by atoms with Crippen molar-refractivity contribution in [2.75, 3.05) is 6.26 Å². The van der Waals surface area contributed by atoms with Gasteiger partial charge in [0.2, 0.25) is 0 Å². The zero-order valence-corrected chi connectivity index (χ0v) is 9.11. The van der Waals surface area contributed by atoms with Crippen molar-refractivity contribution in [1.82, 2.24) is 10.4 Å². The predicted molar refractivity (Wildman–Crippen MR) is 61.1 cm³/mol. The molecule has 0 saturated heterocycles. The molecule has 0 radical (unpaired) electrons. The van der Waals surface area contributed by atoms with Gasteiger partial charge in [0, 0.05) is 11.8 Å². The third-order valence-electron chi connectivity index (χ3n) is 1.55. The number of hydrogen-bond donors (Lipinski definition) is 2. The highest BCUT2D eigenvalue weighted by atomic mass is 32.2. The number of thioether (sulfide) groups is 1. The normalized spacial score (nSPS) is 9.57. The molecule has 74 valence electrons. The smallest absolute Gasteiger partial charge is 0.265 e. The molecule has 0 unspecified atom stereocenters. The van der Waals surface area contributed by atoms with Gasteiger partial charge in [-0.05, 0) is 18.4 Å². The summed E-state index contributed by atoms with van der Waals surface area (Å²) in [7, 11) is 0. The lowest BCUT2D eigenvalue weighted by molar-refractivity contribution is 0.0953. The van der Waals surface area contributed by atoms with E-state index >= 15 is 0 Å². The summed E-state index contributed by atoms with van der Waals surface area (Å²) in [6, 6.07) is 3.19. The minimum absolute atomic E-state index is 0.349. The topological polar surface area (TPSA) is 68.0 Å². The monoisotopic (exact) mass is 227 g/mol. The van der Waals surface area contributed by atoms with Gasteiger partial charge in [-0.2, -0.15) is 0 Å². The van der Waals surface area contributed by atoms with Crippen molar-refractivity contribution >= 4 is 34.1 Å². The Hall–Kier alpha value is -0.980. The van der Waals surface area contributed by atoms with E-state index in [9.17, 15) is 4.79 Å². The summed E-state index contributed by atoms with van der Waals surface area (Å²) in [5, 5.41) is 0. The number of hydrogen-bond acceptors (Lipinski definition) is 5. The Balaban J connectivity index is 3.01. The molecular formula is C8H9N3OS2. The van der Waals surface area contributed by atoms with Crippen molar-refractivity contribution < 1.29 is 4.79 Å². The van der Waals surface area contributed by atoms with Gasteiger partial charge < -0.3 is 0 Å². The maximum atomic E-state index is 11.2. The fraction of sp³-hybridized carbons (Fsp3) is 0.125.